The molecule has 0 atom stereocenters. The number of fused-ring (bicyclic) bond motifs is 1. The van der Waals surface area contributed by atoms with E-state index in [1.807, 2.05) is 0 Å². The average Bonchev–Trinajstić information content (AvgIpc) is 2.88. The molecule has 0 saturated heterocycles. The lowest BCUT2D eigenvalue weighted by molar-refractivity contribution is 0.102. The van der Waals surface area contributed by atoms with Crippen LogP contribution in [-0.2, 0) is 0 Å². The van der Waals surface area contributed by atoms with Crippen LogP contribution in [0.4, 0.5) is 5.82 Å². The first-order valence-corrected chi connectivity index (χ1v) is 5.93. The summed E-state index contributed by atoms with van der Waals surface area (Å²) in [5.74, 6) is 1.11. The topological polar surface area (TPSA) is 60.5 Å². The van der Waals surface area contributed by atoms with Gasteiger partial charge in [-0.25, -0.2) is 4.98 Å². The number of carbonyl (C=O) groups excluding carboxylic acids is 1. The van der Waals surface area contributed by atoms with Crippen LogP contribution in [0.5, 0.6) is 11.5 Å². The molecule has 1 aliphatic rings. The SMILES string of the molecule is O=C(Nc1ccccn1)c1cc(Cl)c2c(c1)OCO2. The van der Waals surface area contributed by atoms with Crippen molar-refractivity contribution in [2.45, 2.75) is 0 Å². The molecule has 1 N–H and O–H groups in total. The summed E-state index contributed by atoms with van der Waals surface area (Å²) in [4.78, 5) is 16.1. The van der Waals surface area contributed by atoms with E-state index < -0.39 is 0 Å². The Hall–Kier alpha value is -2.27. The third-order valence-electron chi connectivity index (χ3n) is 2.60. The third-order valence-corrected chi connectivity index (χ3v) is 2.88. The van der Waals surface area contributed by atoms with Gasteiger partial charge >= 0.3 is 0 Å². The minimum Gasteiger partial charge on any atom is -0.454 e. The van der Waals surface area contributed by atoms with Crippen LogP contribution in [0.3, 0.4) is 0 Å². The van der Waals surface area contributed by atoms with Crippen molar-refractivity contribution in [3.63, 3.8) is 0 Å². The van der Waals surface area contributed by atoms with E-state index in [9.17, 15) is 4.79 Å². The zero-order chi connectivity index (χ0) is 13.2. The number of hydrogen-bond acceptors (Lipinski definition) is 4. The molecular weight excluding hydrogens is 268 g/mol. The maximum absolute atomic E-state index is 12.1. The Balaban J connectivity index is 1.87. The van der Waals surface area contributed by atoms with Gasteiger partial charge in [-0.15, -0.1) is 0 Å². The fraction of sp³-hybridized carbons (Fsp3) is 0.0769. The van der Waals surface area contributed by atoms with Crippen LogP contribution in [0.25, 0.3) is 0 Å². The fourth-order valence-corrected chi connectivity index (χ4v) is 1.99. The first-order chi connectivity index (χ1) is 9.24. The average molecular weight is 277 g/mol. The normalized spacial score (nSPS) is 12.3. The highest BCUT2D eigenvalue weighted by molar-refractivity contribution is 6.32. The Labute approximate surface area is 114 Å². The number of carbonyl (C=O) groups is 1. The van der Waals surface area contributed by atoms with Crippen molar-refractivity contribution < 1.29 is 14.3 Å². The summed E-state index contributed by atoms with van der Waals surface area (Å²) < 4.78 is 10.4. The standard InChI is InChI=1S/C13H9ClN2O3/c14-9-5-8(6-10-12(9)19-7-18-10)13(17)16-11-3-1-2-4-15-11/h1-6H,7H2,(H,15,16,17). The van der Waals surface area contributed by atoms with E-state index in [0.29, 0.717) is 27.9 Å². The second-order valence-electron chi connectivity index (χ2n) is 3.86. The summed E-state index contributed by atoms with van der Waals surface area (Å²) in [6.07, 6.45) is 1.60. The first kappa shape index (κ1) is 11.8. The lowest BCUT2D eigenvalue weighted by atomic mass is 10.2. The highest BCUT2D eigenvalue weighted by Crippen LogP contribution is 2.39. The van der Waals surface area contributed by atoms with Crippen LogP contribution in [0.2, 0.25) is 5.02 Å². The molecule has 0 spiro atoms. The van der Waals surface area contributed by atoms with E-state index in [1.165, 1.54) is 6.07 Å². The predicted octanol–water partition coefficient (Wildman–Crippen LogP) is 2.72. The van der Waals surface area contributed by atoms with E-state index in [0.717, 1.165) is 0 Å². The smallest absolute Gasteiger partial charge is 0.257 e. The predicted molar refractivity (Wildman–Crippen MR) is 69.8 cm³/mol. The molecule has 1 amide bonds. The van der Waals surface area contributed by atoms with Crippen molar-refractivity contribution in [3.05, 3.63) is 47.1 Å². The summed E-state index contributed by atoms with van der Waals surface area (Å²) in [7, 11) is 0. The van der Waals surface area contributed by atoms with Crippen LogP contribution in [0, 0.1) is 0 Å². The number of hydrogen-bond donors (Lipinski definition) is 1. The fourth-order valence-electron chi connectivity index (χ4n) is 1.72. The van der Waals surface area contributed by atoms with Crippen molar-refractivity contribution in [3.8, 4) is 11.5 Å². The first-order valence-electron chi connectivity index (χ1n) is 5.55. The number of benzene rings is 1. The quantitative estimate of drug-likeness (QED) is 0.916. The van der Waals surface area contributed by atoms with Gasteiger partial charge in [-0.2, -0.15) is 0 Å². The number of amides is 1. The molecule has 5 nitrogen and oxygen atoms in total. The van der Waals surface area contributed by atoms with Crippen molar-refractivity contribution in [1.29, 1.82) is 0 Å². The largest absolute Gasteiger partial charge is 0.454 e. The Morgan fingerprint density at radius 1 is 1.32 bits per heavy atom. The van der Waals surface area contributed by atoms with E-state index in [1.54, 1.807) is 30.5 Å². The zero-order valence-electron chi connectivity index (χ0n) is 9.72. The molecule has 0 aliphatic carbocycles. The lowest BCUT2D eigenvalue weighted by Gasteiger charge is -2.06. The molecule has 0 saturated carbocycles. The molecule has 1 aromatic heterocycles. The molecule has 1 aliphatic heterocycles. The van der Waals surface area contributed by atoms with Gasteiger partial charge in [-0.3, -0.25) is 4.79 Å². The van der Waals surface area contributed by atoms with Gasteiger partial charge in [0.15, 0.2) is 11.5 Å². The number of anilines is 1. The van der Waals surface area contributed by atoms with Crippen LogP contribution in [0.15, 0.2) is 36.5 Å². The second-order valence-corrected chi connectivity index (χ2v) is 4.27. The molecule has 0 fully saturated rings. The van der Waals surface area contributed by atoms with Crippen LogP contribution >= 0.6 is 11.6 Å². The number of halogens is 1. The highest BCUT2D eigenvalue weighted by Gasteiger charge is 2.20. The number of pyridine rings is 1. The molecule has 96 valence electrons. The third kappa shape index (κ3) is 2.32. The number of nitrogens with zero attached hydrogens (tertiary/aromatic N) is 1. The molecule has 19 heavy (non-hydrogen) atoms. The molecule has 0 unspecified atom stereocenters. The van der Waals surface area contributed by atoms with Crippen molar-refractivity contribution in [1.82, 2.24) is 4.98 Å². The second kappa shape index (κ2) is 4.78. The summed E-state index contributed by atoms with van der Waals surface area (Å²) in [5.41, 5.74) is 0.389. The maximum atomic E-state index is 12.1. The number of rotatable bonds is 2. The molecule has 3 rings (SSSR count). The Bertz CT molecular complexity index is 631. The van der Waals surface area contributed by atoms with Crippen molar-refractivity contribution in [2.24, 2.45) is 0 Å². The van der Waals surface area contributed by atoms with Gasteiger partial charge in [-0.05, 0) is 24.3 Å². The van der Waals surface area contributed by atoms with Gasteiger partial charge in [0.25, 0.3) is 5.91 Å². The Morgan fingerprint density at radius 2 is 2.21 bits per heavy atom. The number of aromatic nitrogens is 1. The summed E-state index contributed by atoms with van der Waals surface area (Å²) >= 11 is 6.02. The summed E-state index contributed by atoms with van der Waals surface area (Å²) in [6, 6.07) is 8.38. The monoisotopic (exact) mass is 276 g/mol. The number of nitrogens with one attached hydrogen (secondary N) is 1. The van der Waals surface area contributed by atoms with E-state index >= 15 is 0 Å². The molecule has 1 aromatic carbocycles. The van der Waals surface area contributed by atoms with Gasteiger partial charge in [0.05, 0.1) is 5.02 Å². The van der Waals surface area contributed by atoms with Gasteiger partial charge in [0.2, 0.25) is 6.79 Å². The van der Waals surface area contributed by atoms with Crippen LogP contribution in [-0.4, -0.2) is 17.7 Å². The van der Waals surface area contributed by atoms with Gasteiger partial charge < -0.3 is 14.8 Å². The summed E-state index contributed by atoms with van der Waals surface area (Å²) in [6.45, 7) is 0.111. The molecule has 2 heterocycles. The van der Waals surface area contributed by atoms with Gasteiger partial charge in [0, 0.05) is 11.8 Å². The van der Waals surface area contributed by atoms with Crippen LogP contribution in [0.1, 0.15) is 10.4 Å². The van der Waals surface area contributed by atoms with Crippen LogP contribution < -0.4 is 14.8 Å². The zero-order valence-corrected chi connectivity index (χ0v) is 10.5. The molecule has 6 heteroatoms. The lowest BCUT2D eigenvalue weighted by Crippen LogP contribution is -2.12. The Morgan fingerprint density at radius 3 is 3.00 bits per heavy atom. The van der Waals surface area contributed by atoms with Crippen molar-refractivity contribution in [2.75, 3.05) is 12.1 Å². The maximum Gasteiger partial charge on any atom is 0.257 e. The Kier molecular flexibility index (Phi) is 2.97. The molecule has 0 bridgehead atoms. The number of ether oxygens (including phenoxy) is 2. The molecule has 0 radical (unpaired) electrons. The molecule has 2 aromatic rings. The van der Waals surface area contributed by atoms with E-state index in [2.05, 4.69) is 10.3 Å². The van der Waals surface area contributed by atoms with Gasteiger partial charge in [-0.1, -0.05) is 17.7 Å². The summed E-state index contributed by atoms with van der Waals surface area (Å²) in [5, 5.41) is 3.02. The van der Waals surface area contributed by atoms with Crippen molar-refractivity contribution >= 4 is 23.3 Å². The molecular formula is C13H9ClN2O3. The van der Waals surface area contributed by atoms with E-state index in [4.69, 9.17) is 21.1 Å². The minimum absolute atomic E-state index is 0.111. The van der Waals surface area contributed by atoms with E-state index in [-0.39, 0.29) is 12.7 Å². The van der Waals surface area contributed by atoms with Gasteiger partial charge in [0.1, 0.15) is 5.82 Å². The minimum atomic E-state index is -0.307. The highest BCUT2D eigenvalue weighted by atomic mass is 35.5.